The van der Waals surface area contributed by atoms with E-state index in [1.165, 1.54) is 12.1 Å². The molecule has 150 valence electrons. The second kappa shape index (κ2) is 9.32. The molecular formula is C21H27N3O3S. The van der Waals surface area contributed by atoms with Crippen LogP contribution in [0.4, 0.5) is 0 Å². The molecule has 0 unspecified atom stereocenters. The summed E-state index contributed by atoms with van der Waals surface area (Å²) in [6.07, 6.45) is 2.03. The fourth-order valence-corrected chi connectivity index (χ4v) is 4.56. The van der Waals surface area contributed by atoms with E-state index in [0.29, 0.717) is 6.42 Å². The molecule has 0 aliphatic carbocycles. The van der Waals surface area contributed by atoms with Crippen molar-refractivity contribution in [3.05, 3.63) is 66.2 Å². The van der Waals surface area contributed by atoms with Crippen molar-refractivity contribution in [2.75, 3.05) is 20.1 Å². The van der Waals surface area contributed by atoms with Crippen molar-refractivity contribution < 1.29 is 13.2 Å². The predicted octanol–water partition coefficient (Wildman–Crippen LogP) is 1.79. The zero-order valence-corrected chi connectivity index (χ0v) is 16.9. The molecule has 1 amide bonds. The van der Waals surface area contributed by atoms with Crippen molar-refractivity contribution >= 4 is 15.9 Å². The molecule has 1 heterocycles. The van der Waals surface area contributed by atoms with E-state index in [2.05, 4.69) is 22.0 Å². The number of carbonyl (C=O) groups excluding carboxylic acids is 1. The van der Waals surface area contributed by atoms with Crippen LogP contribution < -0.4 is 10.0 Å². The monoisotopic (exact) mass is 401 g/mol. The summed E-state index contributed by atoms with van der Waals surface area (Å²) in [5.41, 5.74) is 0.904. The topological polar surface area (TPSA) is 78.5 Å². The quantitative estimate of drug-likeness (QED) is 0.741. The van der Waals surface area contributed by atoms with Crippen LogP contribution in [0.1, 0.15) is 18.4 Å². The molecule has 1 aliphatic rings. The summed E-state index contributed by atoms with van der Waals surface area (Å²) < 4.78 is 28.2. The first-order valence-electron chi connectivity index (χ1n) is 9.54. The van der Waals surface area contributed by atoms with E-state index in [1.54, 1.807) is 18.2 Å². The van der Waals surface area contributed by atoms with Gasteiger partial charge in [0, 0.05) is 6.04 Å². The number of piperidine rings is 1. The third-order valence-electron chi connectivity index (χ3n) is 5.02. The van der Waals surface area contributed by atoms with Crippen LogP contribution in [0.3, 0.4) is 0 Å². The molecule has 6 nitrogen and oxygen atoms in total. The van der Waals surface area contributed by atoms with Gasteiger partial charge >= 0.3 is 0 Å². The minimum atomic E-state index is -3.79. The Kier molecular flexibility index (Phi) is 6.83. The lowest BCUT2D eigenvalue weighted by Gasteiger charge is -2.30. The van der Waals surface area contributed by atoms with Gasteiger partial charge in [0.25, 0.3) is 0 Å². The number of likely N-dealkylation sites (tertiary alicyclic amines) is 1. The van der Waals surface area contributed by atoms with Crippen LogP contribution >= 0.6 is 0 Å². The van der Waals surface area contributed by atoms with E-state index >= 15 is 0 Å². The molecule has 7 heteroatoms. The van der Waals surface area contributed by atoms with Crippen molar-refractivity contribution in [2.24, 2.45) is 0 Å². The summed E-state index contributed by atoms with van der Waals surface area (Å²) in [5.74, 6) is -0.280. The molecular weight excluding hydrogens is 374 g/mol. The fourth-order valence-electron chi connectivity index (χ4n) is 3.35. The first-order chi connectivity index (χ1) is 13.4. The highest BCUT2D eigenvalue weighted by Crippen LogP contribution is 2.13. The molecule has 1 atom stereocenters. The normalized spacial score (nSPS) is 17.2. The molecule has 1 saturated heterocycles. The van der Waals surface area contributed by atoms with Gasteiger partial charge in [-0.15, -0.1) is 0 Å². The summed E-state index contributed by atoms with van der Waals surface area (Å²) >= 11 is 0. The number of nitrogens with one attached hydrogen (secondary N) is 2. The summed E-state index contributed by atoms with van der Waals surface area (Å²) in [6, 6.07) is 16.8. The van der Waals surface area contributed by atoms with Gasteiger partial charge in [0.05, 0.1) is 4.90 Å². The number of hydrogen-bond acceptors (Lipinski definition) is 4. The average Bonchev–Trinajstić information content (AvgIpc) is 2.70. The smallest absolute Gasteiger partial charge is 0.241 e. The predicted molar refractivity (Wildman–Crippen MR) is 109 cm³/mol. The molecule has 1 aliphatic heterocycles. The highest BCUT2D eigenvalue weighted by Gasteiger charge is 2.28. The largest absolute Gasteiger partial charge is 0.352 e. The maximum atomic E-state index is 13.0. The Morgan fingerprint density at radius 1 is 1.04 bits per heavy atom. The number of nitrogens with zero attached hydrogens (tertiary/aromatic N) is 1. The van der Waals surface area contributed by atoms with Gasteiger partial charge in [0.2, 0.25) is 15.9 Å². The summed E-state index contributed by atoms with van der Waals surface area (Å²) in [5, 5.41) is 3.04. The van der Waals surface area contributed by atoms with Crippen LogP contribution in [0, 0.1) is 0 Å². The molecule has 0 saturated carbocycles. The van der Waals surface area contributed by atoms with E-state index in [9.17, 15) is 13.2 Å². The molecule has 0 bridgehead atoms. The minimum Gasteiger partial charge on any atom is -0.352 e. The van der Waals surface area contributed by atoms with Crippen molar-refractivity contribution in [3.8, 4) is 0 Å². The van der Waals surface area contributed by atoms with Gasteiger partial charge in [-0.2, -0.15) is 4.72 Å². The van der Waals surface area contributed by atoms with Gasteiger partial charge < -0.3 is 10.2 Å². The average molecular weight is 402 g/mol. The number of carbonyl (C=O) groups is 1. The van der Waals surface area contributed by atoms with E-state index < -0.39 is 16.1 Å². The first kappa shape index (κ1) is 20.5. The molecule has 0 aromatic heterocycles. The van der Waals surface area contributed by atoms with E-state index in [1.807, 2.05) is 30.3 Å². The summed E-state index contributed by atoms with van der Waals surface area (Å²) in [6.45, 7) is 1.84. The minimum absolute atomic E-state index is 0.0724. The van der Waals surface area contributed by atoms with Crippen molar-refractivity contribution in [1.29, 1.82) is 0 Å². The zero-order valence-electron chi connectivity index (χ0n) is 16.0. The Morgan fingerprint density at radius 3 is 2.21 bits per heavy atom. The maximum Gasteiger partial charge on any atom is 0.241 e. The molecule has 2 aromatic carbocycles. The Balaban J connectivity index is 1.75. The lowest BCUT2D eigenvalue weighted by atomic mass is 10.0. The number of benzene rings is 2. The van der Waals surface area contributed by atoms with Gasteiger partial charge in [0.1, 0.15) is 6.04 Å². The van der Waals surface area contributed by atoms with Gasteiger partial charge in [-0.1, -0.05) is 48.5 Å². The highest BCUT2D eigenvalue weighted by molar-refractivity contribution is 7.89. The van der Waals surface area contributed by atoms with E-state index in [0.717, 1.165) is 31.5 Å². The number of rotatable bonds is 7. The van der Waals surface area contributed by atoms with E-state index in [-0.39, 0.29) is 16.8 Å². The second-order valence-electron chi connectivity index (χ2n) is 7.26. The lowest BCUT2D eigenvalue weighted by molar-refractivity contribution is -0.123. The maximum absolute atomic E-state index is 13.0. The van der Waals surface area contributed by atoms with Crippen LogP contribution in [0.25, 0.3) is 0 Å². The lowest BCUT2D eigenvalue weighted by Crippen LogP contribution is -2.52. The molecule has 28 heavy (non-hydrogen) atoms. The number of sulfonamides is 1. The summed E-state index contributed by atoms with van der Waals surface area (Å²) in [4.78, 5) is 15.3. The second-order valence-corrected chi connectivity index (χ2v) is 8.98. The Morgan fingerprint density at radius 2 is 1.61 bits per heavy atom. The Labute approximate surface area is 167 Å². The van der Waals surface area contributed by atoms with Crippen LogP contribution in [0.15, 0.2) is 65.6 Å². The summed E-state index contributed by atoms with van der Waals surface area (Å²) in [7, 11) is -1.73. The van der Waals surface area contributed by atoms with Crippen molar-refractivity contribution in [3.63, 3.8) is 0 Å². The highest BCUT2D eigenvalue weighted by atomic mass is 32.2. The molecule has 2 N–H and O–H groups in total. The Bertz CT molecular complexity index is 864. The van der Waals surface area contributed by atoms with Gasteiger partial charge in [-0.05, 0) is 57.1 Å². The fraction of sp³-hybridized carbons (Fsp3) is 0.381. The van der Waals surface area contributed by atoms with Gasteiger partial charge in [-0.25, -0.2) is 8.42 Å². The molecule has 2 aromatic rings. The number of hydrogen-bond donors (Lipinski definition) is 2. The zero-order chi connectivity index (χ0) is 20.0. The molecule has 0 radical (unpaired) electrons. The van der Waals surface area contributed by atoms with Crippen molar-refractivity contribution in [1.82, 2.24) is 14.9 Å². The van der Waals surface area contributed by atoms with Crippen LogP contribution in [0.5, 0.6) is 0 Å². The number of amides is 1. The van der Waals surface area contributed by atoms with E-state index in [4.69, 9.17) is 0 Å². The molecule has 1 fully saturated rings. The van der Waals surface area contributed by atoms with Gasteiger partial charge in [-0.3, -0.25) is 4.79 Å². The third-order valence-corrected chi connectivity index (χ3v) is 6.50. The third kappa shape index (κ3) is 5.64. The molecule has 3 rings (SSSR count). The Hall–Kier alpha value is -2.22. The SMILES string of the molecule is CN1CCC(NC(=O)[C@H](Cc2ccccc2)NS(=O)(=O)c2ccccc2)CC1. The van der Waals surface area contributed by atoms with Crippen LogP contribution in [0.2, 0.25) is 0 Å². The standard InChI is InChI=1S/C21H27N3O3S/c1-24-14-12-18(13-15-24)22-21(25)20(16-17-8-4-2-5-9-17)23-28(26,27)19-10-6-3-7-11-19/h2-11,18,20,23H,12-16H2,1H3,(H,22,25)/t20-/m0/s1. The van der Waals surface area contributed by atoms with Crippen LogP contribution in [-0.2, 0) is 21.2 Å². The van der Waals surface area contributed by atoms with Crippen LogP contribution in [-0.4, -0.2) is 51.4 Å². The molecule has 0 spiro atoms. The first-order valence-corrected chi connectivity index (χ1v) is 11.0. The van der Waals surface area contributed by atoms with Crippen molar-refractivity contribution in [2.45, 2.75) is 36.2 Å². The van der Waals surface area contributed by atoms with Gasteiger partial charge in [0.15, 0.2) is 0 Å².